The third-order valence-electron chi connectivity index (χ3n) is 22.4. The summed E-state index contributed by atoms with van der Waals surface area (Å²) < 4.78 is 0. The van der Waals surface area contributed by atoms with Crippen LogP contribution in [0.1, 0.15) is 218 Å². The molecule has 2 atom stereocenters. The minimum absolute atomic E-state index is 0.00604. The molecule has 4 aromatic carbocycles. The third-order valence-corrected chi connectivity index (χ3v) is 22.4. The first-order valence-corrected chi connectivity index (χ1v) is 45.0. The normalized spacial score (nSPS) is 11.6. The van der Waals surface area contributed by atoms with Gasteiger partial charge in [0.25, 0.3) is 0 Å². The quantitative estimate of drug-likeness (QED) is 0.0299. The molecule has 0 bridgehead atoms. The topological polar surface area (TPSA) is 324 Å². The highest BCUT2D eigenvalue weighted by Gasteiger charge is 2.34. The average molecular weight is 1650 g/mol. The summed E-state index contributed by atoms with van der Waals surface area (Å²) in [7, 11) is 0. The van der Waals surface area contributed by atoms with Crippen LogP contribution in [0, 0.1) is 11.8 Å². The van der Waals surface area contributed by atoms with Crippen LogP contribution in [-0.2, 0) is 78.4 Å². The van der Waals surface area contributed by atoms with Gasteiger partial charge in [-0.3, -0.25) is 52.7 Å². The number of carbonyl (C=O) groups is 11. The molecule has 0 aliphatic carbocycles. The van der Waals surface area contributed by atoms with Gasteiger partial charge in [-0.1, -0.05) is 291 Å². The first kappa shape index (κ1) is 102. The van der Waals surface area contributed by atoms with Crippen LogP contribution < -0.4 is 22.9 Å². The van der Waals surface area contributed by atoms with Crippen molar-refractivity contribution in [2.75, 3.05) is 151 Å². The van der Waals surface area contributed by atoms with E-state index in [0.717, 1.165) is 157 Å². The number of nitrogens with two attached hydrogens (primary N) is 4. The average Bonchev–Trinajstić information content (AvgIpc) is 0.853. The van der Waals surface area contributed by atoms with Gasteiger partial charge in [0.1, 0.15) is 0 Å². The second-order valence-electron chi connectivity index (χ2n) is 32.0. The van der Waals surface area contributed by atoms with Gasteiger partial charge in [0, 0.05) is 78.5 Å². The Hall–Kier alpha value is -9.07. The second-order valence-corrected chi connectivity index (χ2v) is 32.0. The minimum atomic E-state index is -0.645. The lowest BCUT2D eigenvalue weighted by Crippen LogP contribution is -2.54. The molecule has 0 spiro atoms. The molecule has 8 N–H and O–H groups in total. The molecule has 0 radical (unpaired) electrons. The summed E-state index contributed by atoms with van der Waals surface area (Å²) in [6.07, 6.45) is 24.1. The molecule has 0 aliphatic heterocycles. The molecule has 0 aliphatic rings. The van der Waals surface area contributed by atoms with Crippen molar-refractivity contribution in [3.63, 3.8) is 0 Å². The zero-order valence-corrected chi connectivity index (χ0v) is 73.5. The van der Waals surface area contributed by atoms with Crippen LogP contribution in [0.3, 0.4) is 0 Å². The van der Waals surface area contributed by atoms with Gasteiger partial charge in [0.2, 0.25) is 65.0 Å². The van der Waals surface area contributed by atoms with Gasteiger partial charge >= 0.3 is 0 Å². The van der Waals surface area contributed by atoms with E-state index in [2.05, 4.69) is 41.5 Å². The Balaban J connectivity index is 1.79. The highest BCUT2D eigenvalue weighted by molar-refractivity contribution is 5.95. The molecule has 4 aromatic rings. The first-order valence-electron chi connectivity index (χ1n) is 45.0. The number of nitrogens with zero attached hydrogens (tertiary/aromatic N) is 10. The van der Waals surface area contributed by atoms with Crippen molar-refractivity contribution in [3.05, 3.63) is 144 Å². The van der Waals surface area contributed by atoms with E-state index in [1.54, 1.807) is 9.80 Å². The maximum atomic E-state index is 15.7. The van der Waals surface area contributed by atoms with Crippen LogP contribution in [0.4, 0.5) is 0 Å². The molecule has 119 heavy (non-hydrogen) atoms. The largest absolute Gasteiger partial charge is 0.368 e. The summed E-state index contributed by atoms with van der Waals surface area (Å²) in [6, 6.07) is 37.8. The Bertz CT molecular complexity index is 3530. The van der Waals surface area contributed by atoms with Crippen molar-refractivity contribution in [3.8, 4) is 0 Å². The van der Waals surface area contributed by atoms with E-state index in [1.165, 1.54) is 45.6 Å². The van der Waals surface area contributed by atoms with Crippen LogP contribution in [0.15, 0.2) is 121 Å². The molecular weight excluding hydrogens is 1500 g/mol. The predicted octanol–water partition coefficient (Wildman–Crippen LogP) is 10.3. The summed E-state index contributed by atoms with van der Waals surface area (Å²) in [5, 5.41) is 0. The van der Waals surface area contributed by atoms with Gasteiger partial charge in [-0.25, -0.2) is 0 Å². The lowest BCUT2D eigenvalue weighted by atomic mass is 9.98. The van der Waals surface area contributed by atoms with Crippen molar-refractivity contribution in [2.45, 2.75) is 221 Å². The van der Waals surface area contributed by atoms with Crippen molar-refractivity contribution >= 4 is 65.0 Å². The standard InChI is InChI=1S/C94H150N14O11/c1-7-13-17-19-21-23-25-39-57-99(76-94(119)108(67-79(12-6)42-16-10-4)77-92(117)100(58-40-26-24-22-20-18-14-8-2)75-93(118)107(68-84(98)109)66-78(11-5)41-15-9-3)86(111)69-101(59-51-80-43-31-27-32-44-80)87(112)71-103(61-53-82-47-35-29-36-48-82)90(115)74-106(64-56-96)91(116)72-104(62-54-83-49-37-30-38-50-83)88(113)70-102(60-52-81-45-33-28-34-46-81)89(114)73-105(63-55-95)85(110)65-97/h27-38,43-50,78-79H,7-26,39-42,51-77,95-97H2,1-6H3,(H2,98,109). The van der Waals surface area contributed by atoms with Gasteiger partial charge in [-0.15, -0.1) is 0 Å². The lowest BCUT2D eigenvalue weighted by molar-refractivity contribution is -0.149. The van der Waals surface area contributed by atoms with Crippen LogP contribution >= 0.6 is 0 Å². The fourth-order valence-corrected chi connectivity index (χ4v) is 14.8. The molecule has 25 heteroatoms. The number of carbonyl (C=O) groups excluding carboxylic acids is 11. The molecule has 0 saturated heterocycles. The highest BCUT2D eigenvalue weighted by Crippen LogP contribution is 2.21. The smallest absolute Gasteiger partial charge is 0.242 e. The third kappa shape index (κ3) is 42.6. The summed E-state index contributed by atoms with van der Waals surface area (Å²) in [6.45, 7) is 9.32. The summed E-state index contributed by atoms with van der Waals surface area (Å²) >= 11 is 0. The first-order chi connectivity index (χ1) is 57.6. The SMILES string of the molecule is CCCCCCCCCCN(CC(=O)N(CC(=O)N(CCCCCCCCCC)CC(=O)N(CC(N)=O)CC(CC)CCCC)CC(CC)CCCC)C(=O)CN(CCc1ccccc1)C(=O)CN(CCc1ccccc1)C(=O)CN(CCN)C(=O)CN(CCc1ccccc1)C(=O)CN(CCc1ccccc1)C(=O)CN(CCN)C(=O)CN. The van der Waals surface area contributed by atoms with Crippen LogP contribution in [0.2, 0.25) is 0 Å². The maximum absolute atomic E-state index is 15.7. The van der Waals surface area contributed by atoms with E-state index in [9.17, 15) is 24.0 Å². The Labute approximate surface area is 713 Å². The summed E-state index contributed by atoms with van der Waals surface area (Å²) in [5.74, 6) is -5.62. The number of amides is 11. The predicted molar refractivity (Wildman–Crippen MR) is 475 cm³/mol. The molecule has 25 nitrogen and oxygen atoms in total. The number of hydrogen-bond donors (Lipinski definition) is 4. The fourth-order valence-electron chi connectivity index (χ4n) is 14.8. The molecule has 0 fully saturated rings. The number of rotatable bonds is 67. The Kier molecular flexibility index (Phi) is 53.4. The number of hydrogen-bond acceptors (Lipinski definition) is 14. The van der Waals surface area contributed by atoms with Crippen LogP contribution in [-0.4, -0.2) is 265 Å². The van der Waals surface area contributed by atoms with E-state index in [4.69, 9.17) is 22.9 Å². The van der Waals surface area contributed by atoms with Gasteiger partial charge < -0.3 is 71.9 Å². The van der Waals surface area contributed by atoms with E-state index in [-0.39, 0.29) is 122 Å². The monoisotopic (exact) mass is 1650 g/mol. The van der Waals surface area contributed by atoms with Crippen molar-refractivity contribution < 1.29 is 52.7 Å². The molecule has 4 rings (SSSR count). The van der Waals surface area contributed by atoms with Gasteiger partial charge in [-0.05, 0) is 85.5 Å². The summed E-state index contributed by atoms with van der Waals surface area (Å²) in [4.78, 5) is 176. The molecule has 662 valence electrons. The second kappa shape index (κ2) is 62.1. The van der Waals surface area contributed by atoms with Gasteiger partial charge in [-0.2, -0.15) is 0 Å². The fraction of sp³-hybridized carbons (Fsp3) is 0.628. The molecule has 0 saturated carbocycles. The maximum Gasteiger partial charge on any atom is 0.242 e. The van der Waals surface area contributed by atoms with Crippen molar-refractivity contribution in [1.29, 1.82) is 0 Å². The number of primary amides is 1. The molecular formula is C94H150N14O11. The molecule has 2 unspecified atom stereocenters. The number of benzene rings is 4. The zero-order valence-electron chi connectivity index (χ0n) is 73.5. The molecule has 0 heterocycles. The number of unbranched alkanes of at least 4 members (excludes halogenated alkanes) is 16. The van der Waals surface area contributed by atoms with E-state index >= 15 is 28.8 Å². The minimum Gasteiger partial charge on any atom is -0.368 e. The zero-order chi connectivity index (χ0) is 86.8. The lowest BCUT2D eigenvalue weighted by Gasteiger charge is -2.34. The van der Waals surface area contributed by atoms with Crippen molar-refractivity contribution in [1.82, 2.24) is 49.0 Å². The van der Waals surface area contributed by atoms with E-state index < -0.39 is 98.3 Å². The van der Waals surface area contributed by atoms with Gasteiger partial charge in [0.05, 0.1) is 72.0 Å². The van der Waals surface area contributed by atoms with Crippen LogP contribution in [0.25, 0.3) is 0 Å². The Morgan fingerprint density at radius 3 is 0.714 bits per heavy atom. The van der Waals surface area contributed by atoms with E-state index in [1.807, 2.05) is 121 Å². The van der Waals surface area contributed by atoms with Gasteiger partial charge in [0.15, 0.2) is 0 Å². The van der Waals surface area contributed by atoms with E-state index in [0.29, 0.717) is 45.1 Å². The van der Waals surface area contributed by atoms with Crippen molar-refractivity contribution in [2.24, 2.45) is 34.8 Å². The Morgan fingerprint density at radius 1 is 0.252 bits per heavy atom. The summed E-state index contributed by atoms with van der Waals surface area (Å²) in [5.41, 5.74) is 27.2. The highest BCUT2D eigenvalue weighted by atomic mass is 16.2. The van der Waals surface area contributed by atoms with Crippen LogP contribution in [0.5, 0.6) is 0 Å². The molecule has 11 amide bonds. The Morgan fingerprint density at radius 2 is 0.471 bits per heavy atom. The molecule has 0 aromatic heterocycles.